The second-order valence-corrected chi connectivity index (χ2v) is 12.3. The molecule has 0 saturated carbocycles. The smallest absolute Gasteiger partial charge is 0.416 e. The number of sulfone groups is 1. The minimum atomic E-state index is -4.44. The number of ether oxygens (including phenoxy) is 1. The van der Waals surface area contributed by atoms with E-state index in [0.29, 0.717) is 23.1 Å². The Labute approximate surface area is 242 Å². The van der Waals surface area contributed by atoms with Crippen LogP contribution in [-0.4, -0.2) is 56.4 Å². The Kier molecular flexibility index (Phi) is 9.27. The molecule has 4 rings (SSSR count). The number of benzene rings is 3. The van der Waals surface area contributed by atoms with Crippen LogP contribution in [0.15, 0.2) is 77.7 Å². The van der Waals surface area contributed by atoms with Crippen LogP contribution in [0, 0.1) is 0 Å². The van der Waals surface area contributed by atoms with Crippen molar-refractivity contribution in [2.24, 2.45) is 0 Å². The Bertz CT molecular complexity index is 1510. The van der Waals surface area contributed by atoms with Gasteiger partial charge in [-0.1, -0.05) is 43.3 Å². The van der Waals surface area contributed by atoms with Gasteiger partial charge in [0.2, 0.25) is 0 Å². The summed E-state index contributed by atoms with van der Waals surface area (Å²) in [5, 5.41) is 12.6. The normalized spacial score (nSPS) is 18.0. The number of nitrogens with one attached hydrogen (secondary N) is 1. The van der Waals surface area contributed by atoms with Crippen LogP contribution in [0.5, 0.6) is 0 Å². The number of nitrogens with zero attached hydrogens (tertiary/aromatic N) is 1. The molecule has 42 heavy (non-hydrogen) atoms. The maximum atomic E-state index is 13.0. The summed E-state index contributed by atoms with van der Waals surface area (Å²) in [6, 6.07) is 16.2. The van der Waals surface area contributed by atoms with Crippen molar-refractivity contribution in [3.63, 3.8) is 0 Å². The SMILES string of the molecule is CCS(=O)(=O)c1ccc([C@H](CO)NC(=O)c2ccc(C3CC(c4ccc(C(F)(F)F)cc4)CN3C(=O)OC)cc2)cc1. The third-order valence-corrected chi connectivity index (χ3v) is 9.24. The molecule has 3 aromatic rings. The largest absolute Gasteiger partial charge is 0.453 e. The fourth-order valence-electron chi connectivity index (χ4n) is 5.06. The molecule has 12 heteroatoms. The highest BCUT2D eigenvalue weighted by Crippen LogP contribution is 2.41. The van der Waals surface area contributed by atoms with Crippen molar-refractivity contribution in [1.29, 1.82) is 0 Å². The molecule has 224 valence electrons. The number of halogens is 3. The van der Waals surface area contributed by atoms with Crippen molar-refractivity contribution in [2.45, 2.75) is 42.4 Å². The zero-order chi connectivity index (χ0) is 30.7. The molecule has 0 spiro atoms. The number of methoxy groups -OCH3 is 1. The summed E-state index contributed by atoms with van der Waals surface area (Å²) in [6.45, 7) is 1.38. The van der Waals surface area contributed by atoms with Gasteiger partial charge < -0.3 is 20.1 Å². The number of hydrogen-bond donors (Lipinski definition) is 2. The van der Waals surface area contributed by atoms with Gasteiger partial charge in [0.25, 0.3) is 5.91 Å². The van der Waals surface area contributed by atoms with Gasteiger partial charge in [0.05, 0.1) is 42.0 Å². The quantitative estimate of drug-likeness (QED) is 0.363. The molecule has 0 bridgehead atoms. The highest BCUT2D eigenvalue weighted by Gasteiger charge is 2.38. The molecule has 2 amide bonds. The third kappa shape index (κ3) is 6.76. The van der Waals surface area contributed by atoms with Gasteiger partial charge in [0.15, 0.2) is 9.84 Å². The van der Waals surface area contributed by atoms with Crippen LogP contribution in [-0.2, 0) is 20.8 Å². The third-order valence-electron chi connectivity index (χ3n) is 7.49. The van der Waals surface area contributed by atoms with E-state index >= 15 is 0 Å². The molecule has 0 radical (unpaired) electrons. The lowest BCUT2D eigenvalue weighted by Crippen LogP contribution is -2.31. The number of carbonyl (C=O) groups is 2. The van der Waals surface area contributed by atoms with Crippen LogP contribution in [0.4, 0.5) is 18.0 Å². The Morgan fingerprint density at radius 1 is 1.00 bits per heavy atom. The summed E-state index contributed by atoms with van der Waals surface area (Å²) in [5.74, 6) is -0.732. The lowest BCUT2D eigenvalue weighted by Gasteiger charge is -2.23. The maximum absolute atomic E-state index is 13.0. The summed E-state index contributed by atoms with van der Waals surface area (Å²) in [5.41, 5.74) is 1.48. The second kappa shape index (κ2) is 12.5. The number of likely N-dealkylation sites (tertiary alicyclic amines) is 1. The first-order chi connectivity index (χ1) is 19.9. The Hall–Kier alpha value is -3.90. The average molecular weight is 605 g/mol. The van der Waals surface area contributed by atoms with Crippen LogP contribution in [0.25, 0.3) is 0 Å². The minimum absolute atomic E-state index is 0.0452. The van der Waals surface area contributed by atoms with Crippen LogP contribution in [0.3, 0.4) is 0 Å². The second-order valence-electron chi connectivity index (χ2n) is 9.99. The van der Waals surface area contributed by atoms with Crippen molar-refractivity contribution < 1.29 is 41.0 Å². The standard InChI is InChI=1S/C30H31F3N2O6S/c1-3-42(39,40)25-14-10-20(11-15-25)26(18-36)34-28(37)22-6-4-21(5-7-22)27-16-23(17-35(27)29(38)41-2)19-8-12-24(13-9-19)30(31,32)33/h4-15,23,26-27,36H,3,16-18H2,1-2H3,(H,34,37)/t23?,26-,27?/m0/s1. The van der Waals surface area contributed by atoms with E-state index in [0.717, 1.165) is 17.7 Å². The van der Waals surface area contributed by atoms with Crippen molar-refractivity contribution in [1.82, 2.24) is 10.2 Å². The monoisotopic (exact) mass is 604 g/mol. The van der Waals surface area contributed by atoms with Crippen LogP contribution < -0.4 is 5.32 Å². The van der Waals surface area contributed by atoms with E-state index in [1.165, 1.54) is 36.3 Å². The molecule has 3 aromatic carbocycles. The first-order valence-corrected chi connectivity index (χ1v) is 14.9. The first-order valence-electron chi connectivity index (χ1n) is 13.2. The predicted octanol–water partition coefficient (Wildman–Crippen LogP) is 5.26. The predicted molar refractivity (Wildman–Crippen MR) is 149 cm³/mol. The number of hydrogen-bond acceptors (Lipinski definition) is 6. The fourth-order valence-corrected chi connectivity index (χ4v) is 5.95. The Morgan fingerprint density at radius 2 is 1.60 bits per heavy atom. The molecular formula is C30H31F3N2O6S. The van der Waals surface area contributed by atoms with Gasteiger partial charge in [0, 0.05) is 18.0 Å². The summed E-state index contributed by atoms with van der Waals surface area (Å²) in [6.07, 6.45) is -4.56. The van der Waals surface area contributed by atoms with Crippen molar-refractivity contribution in [2.75, 3.05) is 26.0 Å². The number of alkyl halides is 3. The highest BCUT2D eigenvalue weighted by atomic mass is 32.2. The lowest BCUT2D eigenvalue weighted by molar-refractivity contribution is -0.137. The summed E-state index contributed by atoms with van der Waals surface area (Å²) >= 11 is 0. The Morgan fingerprint density at radius 3 is 2.12 bits per heavy atom. The molecule has 1 aliphatic heterocycles. The molecule has 3 atom stereocenters. The van der Waals surface area contributed by atoms with E-state index in [-0.39, 0.29) is 23.1 Å². The van der Waals surface area contributed by atoms with Crippen molar-refractivity contribution in [3.8, 4) is 0 Å². The van der Waals surface area contributed by atoms with E-state index in [1.54, 1.807) is 43.3 Å². The van der Waals surface area contributed by atoms with Gasteiger partial charge in [-0.2, -0.15) is 13.2 Å². The highest BCUT2D eigenvalue weighted by molar-refractivity contribution is 7.91. The Balaban J connectivity index is 1.48. The number of carbonyl (C=O) groups excluding carboxylic acids is 2. The van der Waals surface area contributed by atoms with E-state index in [2.05, 4.69) is 5.32 Å². The van der Waals surface area contributed by atoms with Gasteiger partial charge in [-0.3, -0.25) is 4.79 Å². The molecule has 0 aromatic heterocycles. The van der Waals surface area contributed by atoms with Crippen molar-refractivity contribution in [3.05, 3.63) is 101 Å². The van der Waals surface area contributed by atoms with Crippen LogP contribution in [0.2, 0.25) is 0 Å². The molecule has 8 nitrogen and oxygen atoms in total. The van der Waals surface area contributed by atoms with Gasteiger partial charge in [-0.15, -0.1) is 0 Å². The number of aliphatic hydroxyl groups excluding tert-OH is 1. The van der Waals surface area contributed by atoms with Gasteiger partial charge in [-0.05, 0) is 59.5 Å². The van der Waals surface area contributed by atoms with Gasteiger partial charge in [0.1, 0.15) is 0 Å². The average Bonchev–Trinajstić information content (AvgIpc) is 3.45. The van der Waals surface area contributed by atoms with Crippen LogP contribution >= 0.6 is 0 Å². The molecule has 1 heterocycles. The number of amides is 2. The zero-order valence-electron chi connectivity index (χ0n) is 23.0. The van der Waals surface area contributed by atoms with Crippen molar-refractivity contribution >= 4 is 21.8 Å². The molecule has 1 saturated heterocycles. The maximum Gasteiger partial charge on any atom is 0.416 e. The van der Waals surface area contributed by atoms with E-state index in [4.69, 9.17) is 4.74 Å². The molecule has 0 aliphatic carbocycles. The number of aliphatic hydroxyl groups is 1. The number of rotatable bonds is 8. The summed E-state index contributed by atoms with van der Waals surface area (Å²) in [4.78, 5) is 27.2. The van der Waals surface area contributed by atoms with E-state index in [1.807, 2.05) is 0 Å². The fraction of sp³-hybridized carbons (Fsp3) is 0.333. The first kappa shape index (κ1) is 31.0. The molecule has 2 N–H and O–H groups in total. The molecule has 1 aliphatic rings. The zero-order valence-corrected chi connectivity index (χ0v) is 23.8. The minimum Gasteiger partial charge on any atom is -0.453 e. The lowest BCUT2D eigenvalue weighted by atomic mass is 9.93. The van der Waals surface area contributed by atoms with Gasteiger partial charge in [-0.25, -0.2) is 13.2 Å². The molecule has 1 fully saturated rings. The summed E-state index contributed by atoms with van der Waals surface area (Å²) < 4.78 is 68.1. The summed E-state index contributed by atoms with van der Waals surface area (Å²) in [7, 11) is -2.13. The molecule has 2 unspecified atom stereocenters. The van der Waals surface area contributed by atoms with E-state index < -0.39 is 52.3 Å². The van der Waals surface area contributed by atoms with Gasteiger partial charge >= 0.3 is 12.3 Å². The van der Waals surface area contributed by atoms with Crippen LogP contribution in [0.1, 0.15) is 64.0 Å². The molecular weight excluding hydrogens is 573 g/mol. The topological polar surface area (TPSA) is 113 Å². The van der Waals surface area contributed by atoms with E-state index in [9.17, 15) is 36.3 Å².